The zero-order chi connectivity index (χ0) is 21.1. The number of benzene rings is 1. The van der Waals surface area contributed by atoms with Gasteiger partial charge in [0.1, 0.15) is 10.7 Å². The predicted octanol–water partition coefficient (Wildman–Crippen LogP) is 2.25. The molecule has 2 aliphatic heterocycles. The number of ether oxygens (including phenoxy) is 1. The van der Waals surface area contributed by atoms with Gasteiger partial charge in [-0.3, -0.25) is 4.90 Å². The van der Waals surface area contributed by atoms with E-state index in [1.54, 1.807) is 12.1 Å². The molecule has 30 heavy (non-hydrogen) atoms. The topological polar surface area (TPSA) is 74.8 Å². The van der Waals surface area contributed by atoms with Crippen molar-refractivity contribution in [2.45, 2.75) is 50.0 Å². The van der Waals surface area contributed by atoms with Crippen molar-refractivity contribution in [3.63, 3.8) is 0 Å². The third-order valence-electron chi connectivity index (χ3n) is 5.62. The van der Waals surface area contributed by atoms with Crippen LogP contribution in [-0.4, -0.2) is 62.7 Å². The van der Waals surface area contributed by atoms with Gasteiger partial charge in [0.15, 0.2) is 0 Å². The Kier molecular flexibility index (Phi) is 6.38. The molecule has 2 aliphatic rings. The van der Waals surface area contributed by atoms with E-state index in [-0.39, 0.29) is 23.1 Å². The first-order valence-electron chi connectivity index (χ1n) is 10.5. The smallest absolute Gasteiger partial charge is 0.242 e. The van der Waals surface area contributed by atoms with E-state index in [4.69, 9.17) is 4.74 Å². The van der Waals surface area contributed by atoms with Crippen LogP contribution in [0.25, 0.3) is 0 Å². The molecule has 1 aromatic heterocycles. The molecule has 1 aromatic carbocycles. The highest BCUT2D eigenvalue weighted by Crippen LogP contribution is 2.21. The Hall–Kier alpha value is -2.00. The maximum atomic E-state index is 12.8. The molecule has 2 aromatic rings. The fraction of sp³-hybridized carbons (Fsp3) is 0.500. The van der Waals surface area contributed by atoms with Crippen molar-refractivity contribution in [3.05, 3.63) is 54.2 Å². The van der Waals surface area contributed by atoms with Crippen molar-refractivity contribution >= 4 is 15.8 Å². The van der Waals surface area contributed by atoms with E-state index in [1.807, 2.05) is 32.0 Å². The van der Waals surface area contributed by atoms with Crippen LogP contribution in [0.2, 0.25) is 0 Å². The number of sulfonamides is 1. The summed E-state index contributed by atoms with van der Waals surface area (Å²) in [6.07, 6.45) is 2.52. The van der Waals surface area contributed by atoms with Gasteiger partial charge in [0.2, 0.25) is 10.0 Å². The van der Waals surface area contributed by atoms with E-state index in [2.05, 4.69) is 31.6 Å². The van der Waals surface area contributed by atoms with Gasteiger partial charge in [-0.15, -0.1) is 0 Å². The highest BCUT2D eigenvalue weighted by Gasteiger charge is 2.28. The summed E-state index contributed by atoms with van der Waals surface area (Å²) in [4.78, 5) is 9.06. The first-order valence-corrected chi connectivity index (χ1v) is 12.0. The molecule has 0 unspecified atom stereocenters. The van der Waals surface area contributed by atoms with E-state index in [1.165, 1.54) is 11.8 Å². The molecule has 3 atom stereocenters. The third-order valence-corrected chi connectivity index (χ3v) is 7.12. The van der Waals surface area contributed by atoms with Gasteiger partial charge in [0.25, 0.3) is 0 Å². The summed E-state index contributed by atoms with van der Waals surface area (Å²) < 4.78 is 34.3. The molecule has 0 saturated carbocycles. The van der Waals surface area contributed by atoms with Gasteiger partial charge in [0.05, 0.1) is 12.2 Å². The Balaban J connectivity index is 1.36. The largest absolute Gasteiger partial charge is 0.372 e. The van der Waals surface area contributed by atoms with Gasteiger partial charge >= 0.3 is 0 Å². The van der Waals surface area contributed by atoms with Gasteiger partial charge < -0.3 is 9.64 Å². The van der Waals surface area contributed by atoms with Crippen molar-refractivity contribution in [3.8, 4) is 0 Å². The van der Waals surface area contributed by atoms with Crippen molar-refractivity contribution in [1.29, 1.82) is 0 Å². The van der Waals surface area contributed by atoms with Crippen LogP contribution in [-0.2, 0) is 21.3 Å². The van der Waals surface area contributed by atoms with Crippen LogP contribution in [0, 0.1) is 0 Å². The highest BCUT2D eigenvalue weighted by atomic mass is 32.2. The normalized spacial score (nSPS) is 25.5. The molecule has 0 spiro atoms. The predicted molar refractivity (Wildman–Crippen MR) is 117 cm³/mol. The second kappa shape index (κ2) is 9.01. The van der Waals surface area contributed by atoms with E-state index in [9.17, 15) is 8.42 Å². The second-order valence-corrected chi connectivity index (χ2v) is 10.1. The summed E-state index contributed by atoms with van der Waals surface area (Å²) in [6, 6.07) is 13.6. The molecule has 4 rings (SSSR count). The summed E-state index contributed by atoms with van der Waals surface area (Å²) >= 11 is 0. The monoisotopic (exact) mass is 430 g/mol. The number of rotatable bonds is 6. The highest BCUT2D eigenvalue weighted by molar-refractivity contribution is 7.89. The Labute approximate surface area is 179 Å². The summed E-state index contributed by atoms with van der Waals surface area (Å²) in [5.41, 5.74) is 1.24. The van der Waals surface area contributed by atoms with E-state index < -0.39 is 10.0 Å². The molecule has 7 nitrogen and oxygen atoms in total. The summed E-state index contributed by atoms with van der Waals surface area (Å²) in [7, 11) is -3.59. The van der Waals surface area contributed by atoms with Crippen LogP contribution in [0.15, 0.2) is 53.6 Å². The number of morpholine rings is 1. The molecule has 0 aliphatic carbocycles. The third kappa shape index (κ3) is 5.18. The molecule has 2 fully saturated rings. The minimum Gasteiger partial charge on any atom is -0.372 e. The van der Waals surface area contributed by atoms with Crippen LogP contribution in [0.4, 0.5) is 5.82 Å². The molecule has 0 radical (unpaired) electrons. The standard InChI is InChI=1S/C22H30N4O3S/c1-17-13-26(14-18(2)29-17)22-9-8-21(12-23-22)30(27,28)24-20-10-11-25(16-20)15-19-6-4-3-5-7-19/h3-9,12,17-18,20,24H,10-11,13-16H2,1-2H3/t17-,18+,20-/m0/s1. The lowest BCUT2D eigenvalue weighted by molar-refractivity contribution is -0.00546. The average molecular weight is 431 g/mol. The van der Waals surface area contributed by atoms with Crippen molar-refractivity contribution in [1.82, 2.24) is 14.6 Å². The quantitative estimate of drug-likeness (QED) is 0.758. The van der Waals surface area contributed by atoms with Crippen LogP contribution >= 0.6 is 0 Å². The lowest BCUT2D eigenvalue weighted by Crippen LogP contribution is -2.45. The first-order chi connectivity index (χ1) is 14.4. The van der Waals surface area contributed by atoms with Gasteiger partial charge in [0, 0.05) is 45.0 Å². The Morgan fingerprint density at radius 3 is 2.47 bits per heavy atom. The summed E-state index contributed by atoms with van der Waals surface area (Å²) in [5.74, 6) is 0.783. The second-order valence-electron chi connectivity index (χ2n) is 8.34. The fourth-order valence-corrected chi connectivity index (χ4v) is 5.49. The minimum atomic E-state index is -3.59. The molecule has 1 N–H and O–H groups in total. The van der Waals surface area contributed by atoms with Gasteiger partial charge in [-0.2, -0.15) is 0 Å². The van der Waals surface area contributed by atoms with E-state index in [0.29, 0.717) is 6.54 Å². The van der Waals surface area contributed by atoms with Crippen molar-refractivity contribution in [2.24, 2.45) is 0 Å². The Morgan fingerprint density at radius 2 is 1.80 bits per heavy atom. The number of pyridine rings is 1. The van der Waals surface area contributed by atoms with Crippen LogP contribution < -0.4 is 9.62 Å². The van der Waals surface area contributed by atoms with Crippen LogP contribution in [0.5, 0.6) is 0 Å². The Morgan fingerprint density at radius 1 is 1.07 bits per heavy atom. The maximum absolute atomic E-state index is 12.8. The number of nitrogens with zero attached hydrogens (tertiary/aromatic N) is 3. The zero-order valence-electron chi connectivity index (χ0n) is 17.6. The average Bonchev–Trinajstić information content (AvgIpc) is 3.14. The number of nitrogens with one attached hydrogen (secondary N) is 1. The summed E-state index contributed by atoms with van der Waals surface area (Å²) in [5, 5.41) is 0. The number of anilines is 1. The number of hydrogen-bond donors (Lipinski definition) is 1. The van der Waals surface area contributed by atoms with Crippen molar-refractivity contribution < 1.29 is 13.2 Å². The molecular formula is C22H30N4O3S. The van der Waals surface area contributed by atoms with Gasteiger partial charge in [-0.1, -0.05) is 30.3 Å². The first kappa shape index (κ1) is 21.2. The minimum absolute atomic E-state index is 0.0840. The van der Waals surface area contributed by atoms with Crippen LogP contribution in [0.3, 0.4) is 0 Å². The fourth-order valence-electron chi connectivity index (χ4n) is 4.28. The number of aromatic nitrogens is 1. The summed E-state index contributed by atoms with van der Waals surface area (Å²) in [6.45, 7) is 8.01. The molecule has 2 saturated heterocycles. The lowest BCUT2D eigenvalue weighted by atomic mass is 10.2. The zero-order valence-corrected chi connectivity index (χ0v) is 18.4. The molecule has 0 amide bonds. The molecular weight excluding hydrogens is 400 g/mol. The molecule has 3 heterocycles. The van der Waals surface area contributed by atoms with E-state index >= 15 is 0 Å². The molecule has 8 heteroatoms. The molecule has 0 bridgehead atoms. The van der Waals surface area contributed by atoms with Crippen molar-refractivity contribution in [2.75, 3.05) is 31.1 Å². The van der Waals surface area contributed by atoms with Crippen LogP contribution in [0.1, 0.15) is 25.8 Å². The number of hydrogen-bond acceptors (Lipinski definition) is 6. The maximum Gasteiger partial charge on any atom is 0.242 e. The lowest BCUT2D eigenvalue weighted by Gasteiger charge is -2.36. The Bertz CT molecular complexity index is 927. The van der Waals surface area contributed by atoms with E-state index in [0.717, 1.165) is 38.4 Å². The number of likely N-dealkylation sites (tertiary alicyclic amines) is 1. The van der Waals surface area contributed by atoms with Gasteiger partial charge in [-0.25, -0.2) is 18.1 Å². The molecule has 162 valence electrons. The SMILES string of the molecule is C[C@@H]1CN(c2ccc(S(=O)(=O)N[C@H]3CCN(Cc4ccccc4)C3)cn2)C[C@H](C)O1. The van der Waals surface area contributed by atoms with Gasteiger partial charge in [-0.05, 0) is 38.0 Å².